The number of esters is 1. The predicted octanol–water partition coefficient (Wildman–Crippen LogP) is 1.04. The van der Waals surface area contributed by atoms with Gasteiger partial charge in [0.2, 0.25) is 5.91 Å². The van der Waals surface area contributed by atoms with Gasteiger partial charge in [-0.2, -0.15) is 0 Å². The Labute approximate surface area is 147 Å². The van der Waals surface area contributed by atoms with E-state index in [-0.39, 0.29) is 24.8 Å². The predicted molar refractivity (Wildman–Crippen MR) is 92.1 cm³/mol. The minimum atomic E-state index is -0.909. The summed E-state index contributed by atoms with van der Waals surface area (Å²) in [5.74, 6) is -1.60. The van der Waals surface area contributed by atoms with Crippen molar-refractivity contribution in [3.63, 3.8) is 0 Å². The first-order valence-corrected chi connectivity index (χ1v) is 8.26. The van der Waals surface area contributed by atoms with Crippen molar-refractivity contribution in [3.05, 3.63) is 29.8 Å². The maximum atomic E-state index is 12.3. The smallest absolute Gasteiger partial charge is 0.312 e. The molecule has 1 saturated heterocycles. The molecule has 0 aromatic heterocycles. The van der Waals surface area contributed by atoms with Gasteiger partial charge in [0.1, 0.15) is 0 Å². The fourth-order valence-electron chi connectivity index (χ4n) is 2.58. The van der Waals surface area contributed by atoms with Crippen LogP contribution in [-0.4, -0.2) is 50.7 Å². The maximum Gasteiger partial charge on any atom is 0.312 e. The van der Waals surface area contributed by atoms with E-state index in [1.54, 1.807) is 4.90 Å². The lowest BCUT2D eigenvalue weighted by Gasteiger charge is -2.18. The minimum Gasteiger partial charge on any atom is -0.452 e. The molecule has 1 aliphatic rings. The number of anilines is 1. The molecule has 0 saturated carbocycles. The molecule has 0 spiro atoms. The maximum absolute atomic E-state index is 12.3. The van der Waals surface area contributed by atoms with Gasteiger partial charge in [0.25, 0.3) is 5.91 Å². The average Bonchev–Trinajstić information content (AvgIpc) is 2.97. The van der Waals surface area contributed by atoms with Crippen molar-refractivity contribution in [2.75, 3.05) is 31.7 Å². The van der Waals surface area contributed by atoms with E-state index in [0.29, 0.717) is 13.2 Å². The first-order chi connectivity index (χ1) is 11.9. The van der Waals surface area contributed by atoms with Crippen molar-refractivity contribution < 1.29 is 23.9 Å². The molecule has 0 radical (unpaired) electrons. The minimum absolute atomic E-state index is 0.0880. The summed E-state index contributed by atoms with van der Waals surface area (Å²) in [6.07, 6.45) is -0.821. The molecule has 0 bridgehead atoms. The van der Waals surface area contributed by atoms with Crippen molar-refractivity contribution in [2.45, 2.75) is 26.4 Å². The standard InChI is InChI=1S/C18H24N2O5/c1-12-4-6-15(7-5-12)20-11-14(10-16(20)21)18(23)25-13(2)17(22)19-8-9-24-3/h4-7,13-14H,8-11H2,1-3H3,(H,19,22)/t13-,14+/m1/s1. The first-order valence-electron chi connectivity index (χ1n) is 8.26. The summed E-state index contributed by atoms with van der Waals surface area (Å²) < 4.78 is 10.0. The highest BCUT2D eigenvalue weighted by molar-refractivity contribution is 5.99. The van der Waals surface area contributed by atoms with Gasteiger partial charge in [-0.1, -0.05) is 17.7 Å². The number of amides is 2. The second-order valence-corrected chi connectivity index (χ2v) is 6.10. The number of nitrogens with zero attached hydrogens (tertiary/aromatic N) is 1. The highest BCUT2D eigenvalue weighted by Gasteiger charge is 2.37. The van der Waals surface area contributed by atoms with Gasteiger partial charge in [0.05, 0.1) is 12.5 Å². The molecule has 1 heterocycles. The van der Waals surface area contributed by atoms with E-state index < -0.39 is 18.0 Å². The van der Waals surface area contributed by atoms with Gasteiger partial charge in [-0.3, -0.25) is 14.4 Å². The number of rotatable bonds is 7. The van der Waals surface area contributed by atoms with Crippen molar-refractivity contribution in [1.29, 1.82) is 0 Å². The van der Waals surface area contributed by atoms with Crippen LogP contribution >= 0.6 is 0 Å². The highest BCUT2D eigenvalue weighted by atomic mass is 16.5. The Morgan fingerprint density at radius 3 is 2.64 bits per heavy atom. The number of hydrogen-bond acceptors (Lipinski definition) is 5. The van der Waals surface area contributed by atoms with Crippen LogP contribution in [0.25, 0.3) is 0 Å². The van der Waals surface area contributed by atoms with Crippen molar-refractivity contribution in [1.82, 2.24) is 5.32 Å². The normalized spacial score (nSPS) is 18.1. The number of nitrogens with one attached hydrogen (secondary N) is 1. The van der Waals surface area contributed by atoms with Crippen LogP contribution in [0.1, 0.15) is 18.9 Å². The molecule has 1 aromatic rings. The van der Waals surface area contributed by atoms with Gasteiger partial charge in [-0.25, -0.2) is 0 Å². The molecular formula is C18H24N2O5. The van der Waals surface area contributed by atoms with E-state index in [0.717, 1.165) is 11.3 Å². The first kappa shape index (κ1) is 18.9. The van der Waals surface area contributed by atoms with Gasteiger partial charge in [0.15, 0.2) is 6.10 Å². The molecular weight excluding hydrogens is 324 g/mol. The van der Waals surface area contributed by atoms with E-state index >= 15 is 0 Å². The summed E-state index contributed by atoms with van der Waals surface area (Å²) in [6.45, 7) is 4.47. The lowest BCUT2D eigenvalue weighted by atomic mass is 10.1. The summed E-state index contributed by atoms with van der Waals surface area (Å²) in [5.41, 5.74) is 1.86. The van der Waals surface area contributed by atoms with Crippen molar-refractivity contribution >= 4 is 23.5 Å². The zero-order chi connectivity index (χ0) is 18.4. The molecule has 2 rings (SSSR count). The molecule has 25 heavy (non-hydrogen) atoms. The Balaban J connectivity index is 1.89. The van der Waals surface area contributed by atoms with Crippen LogP contribution < -0.4 is 10.2 Å². The summed E-state index contributed by atoms with van der Waals surface area (Å²) in [4.78, 5) is 37.9. The van der Waals surface area contributed by atoms with Gasteiger partial charge in [0, 0.05) is 32.3 Å². The van der Waals surface area contributed by atoms with Gasteiger partial charge in [-0.15, -0.1) is 0 Å². The molecule has 1 aliphatic heterocycles. The molecule has 0 aliphatic carbocycles. The Kier molecular flexibility index (Phi) is 6.52. The zero-order valence-corrected chi connectivity index (χ0v) is 14.8. The number of benzene rings is 1. The van der Waals surface area contributed by atoms with E-state index in [2.05, 4.69) is 5.32 Å². The second kappa shape index (κ2) is 8.62. The highest BCUT2D eigenvalue weighted by Crippen LogP contribution is 2.26. The Morgan fingerprint density at radius 1 is 1.32 bits per heavy atom. The van der Waals surface area contributed by atoms with Crippen molar-refractivity contribution in [2.24, 2.45) is 5.92 Å². The third kappa shape index (κ3) is 5.03. The fraction of sp³-hybridized carbons (Fsp3) is 0.500. The van der Waals surface area contributed by atoms with E-state index in [9.17, 15) is 14.4 Å². The fourth-order valence-corrected chi connectivity index (χ4v) is 2.58. The van der Waals surface area contributed by atoms with Crippen LogP contribution in [0.2, 0.25) is 0 Å². The van der Waals surface area contributed by atoms with Crippen LogP contribution in [0.4, 0.5) is 5.69 Å². The lowest BCUT2D eigenvalue weighted by molar-refractivity contribution is -0.158. The molecule has 7 nitrogen and oxygen atoms in total. The quantitative estimate of drug-likeness (QED) is 0.588. The number of aryl methyl sites for hydroxylation is 1. The topological polar surface area (TPSA) is 84.9 Å². The Morgan fingerprint density at radius 2 is 2.00 bits per heavy atom. The number of carbonyl (C=O) groups is 3. The van der Waals surface area contributed by atoms with Crippen LogP contribution in [0, 0.1) is 12.8 Å². The third-order valence-corrected chi connectivity index (χ3v) is 4.07. The largest absolute Gasteiger partial charge is 0.452 e. The second-order valence-electron chi connectivity index (χ2n) is 6.10. The van der Waals surface area contributed by atoms with E-state index in [1.165, 1.54) is 14.0 Å². The number of carbonyl (C=O) groups excluding carboxylic acids is 3. The SMILES string of the molecule is COCCNC(=O)[C@@H](C)OC(=O)[C@H]1CC(=O)N(c2ccc(C)cc2)C1. The molecule has 1 N–H and O–H groups in total. The number of hydrogen-bond donors (Lipinski definition) is 1. The third-order valence-electron chi connectivity index (χ3n) is 4.07. The number of methoxy groups -OCH3 is 1. The monoisotopic (exact) mass is 348 g/mol. The van der Waals surface area contributed by atoms with Gasteiger partial charge >= 0.3 is 5.97 Å². The zero-order valence-electron chi connectivity index (χ0n) is 14.8. The molecule has 7 heteroatoms. The summed E-state index contributed by atoms with van der Waals surface area (Å²) in [5, 5.41) is 2.61. The van der Waals surface area contributed by atoms with Crippen molar-refractivity contribution in [3.8, 4) is 0 Å². The lowest BCUT2D eigenvalue weighted by Crippen LogP contribution is -2.38. The molecule has 0 unspecified atom stereocenters. The number of ether oxygens (including phenoxy) is 2. The Bertz CT molecular complexity index is 629. The summed E-state index contributed by atoms with van der Waals surface area (Å²) in [6, 6.07) is 7.54. The molecule has 1 aromatic carbocycles. The summed E-state index contributed by atoms with van der Waals surface area (Å²) in [7, 11) is 1.53. The van der Waals surface area contributed by atoms with Crippen LogP contribution in [-0.2, 0) is 23.9 Å². The molecule has 2 amide bonds. The molecule has 1 fully saturated rings. The van der Waals surface area contributed by atoms with Gasteiger partial charge < -0.3 is 19.7 Å². The van der Waals surface area contributed by atoms with E-state index in [4.69, 9.17) is 9.47 Å². The summed E-state index contributed by atoms with van der Waals surface area (Å²) >= 11 is 0. The van der Waals surface area contributed by atoms with Gasteiger partial charge in [-0.05, 0) is 26.0 Å². The molecule has 136 valence electrons. The Hall–Kier alpha value is -2.41. The van der Waals surface area contributed by atoms with E-state index in [1.807, 2.05) is 31.2 Å². The van der Waals surface area contributed by atoms with Crippen LogP contribution in [0.3, 0.4) is 0 Å². The van der Waals surface area contributed by atoms with Crippen LogP contribution in [0.15, 0.2) is 24.3 Å². The molecule has 2 atom stereocenters. The average molecular weight is 348 g/mol. The van der Waals surface area contributed by atoms with Crippen LogP contribution in [0.5, 0.6) is 0 Å².